The van der Waals surface area contributed by atoms with Crippen LogP contribution in [-0.2, 0) is 28.4 Å². The zero-order valence-corrected chi connectivity index (χ0v) is 30.3. The van der Waals surface area contributed by atoms with E-state index in [1.807, 2.05) is 0 Å². The van der Waals surface area contributed by atoms with Crippen LogP contribution in [0, 0.1) is 0 Å². The maximum atomic E-state index is 13.0. The highest BCUT2D eigenvalue weighted by molar-refractivity contribution is 6.04. The van der Waals surface area contributed by atoms with E-state index in [1.165, 1.54) is 57.8 Å². The number of carbonyl (C=O) groups is 1. The van der Waals surface area contributed by atoms with Crippen LogP contribution in [0.25, 0.3) is 0 Å². The third-order valence-electron chi connectivity index (χ3n) is 7.92. The Morgan fingerprint density at radius 1 is 0.560 bits per heavy atom. The molecule has 0 unspecified atom stereocenters. The molecule has 0 aromatic heterocycles. The first-order valence-electron chi connectivity index (χ1n) is 18.7. The number of nitrogens with one attached hydrogen (secondary N) is 1. The fourth-order valence-electron chi connectivity index (χ4n) is 5.14. The molecule has 0 fully saturated rings. The molecule has 0 atom stereocenters. The molecule has 0 saturated carbocycles. The topological polar surface area (TPSA) is 112 Å². The molecule has 2 aromatic carbocycles. The minimum atomic E-state index is -0.252. The quantitative estimate of drug-likeness (QED) is 0.143. The van der Waals surface area contributed by atoms with Crippen LogP contribution in [-0.4, -0.2) is 105 Å². The van der Waals surface area contributed by atoms with Crippen molar-refractivity contribution in [2.24, 2.45) is 0 Å². The van der Waals surface area contributed by atoms with Gasteiger partial charge in [-0.2, -0.15) is 0 Å². The Labute approximate surface area is 299 Å². The number of carbonyl (C=O) groups excluding carboxylic acids is 1. The van der Waals surface area contributed by atoms with Crippen LogP contribution in [0.1, 0.15) is 81.5 Å². The summed E-state index contributed by atoms with van der Waals surface area (Å²) >= 11 is 0. The third kappa shape index (κ3) is 20.1. The maximum Gasteiger partial charge on any atom is 0.255 e. The molecule has 1 heterocycles. The summed E-state index contributed by atoms with van der Waals surface area (Å²) in [5, 5.41) is 2.93. The lowest BCUT2D eigenvalue weighted by Crippen LogP contribution is -2.16. The minimum absolute atomic E-state index is 0.252. The predicted octanol–water partition coefficient (Wildman–Crippen LogP) is 7.11. The van der Waals surface area contributed by atoms with Crippen molar-refractivity contribution in [3.63, 3.8) is 0 Å². The van der Waals surface area contributed by atoms with E-state index in [4.69, 9.17) is 42.6 Å². The number of unbranched alkanes of at least 4 members (excludes halogenated alkanes) is 9. The van der Waals surface area contributed by atoms with Crippen LogP contribution in [0.5, 0.6) is 17.2 Å². The lowest BCUT2D eigenvalue weighted by Gasteiger charge is -2.15. The Hall–Kier alpha value is -2.93. The van der Waals surface area contributed by atoms with Crippen LogP contribution in [0.2, 0.25) is 0 Å². The molecule has 282 valence electrons. The van der Waals surface area contributed by atoms with Crippen LogP contribution >= 0.6 is 0 Å². The van der Waals surface area contributed by atoms with E-state index in [2.05, 4.69) is 12.2 Å². The highest BCUT2D eigenvalue weighted by Gasteiger charge is 2.12. The van der Waals surface area contributed by atoms with Gasteiger partial charge in [0.15, 0.2) is 11.5 Å². The van der Waals surface area contributed by atoms with Crippen LogP contribution in [0.15, 0.2) is 42.5 Å². The number of hydrogen-bond donors (Lipinski definition) is 1. The van der Waals surface area contributed by atoms with Gasteiger partial charge in [0, 0.05) is 23.9 Å². The molecule has 1 aliphatic rings. The predicted molar refractivity (Wildman–Crippen MR) is 194 cm³/mol. The van der Waals surface area contributed by atoms with Crippen molar-refractivity contribution in [2.75, 3.05) is 104 Å². The van der Waals surface area contributed by atoms with Gasteiger partial charge in [-0.1, -0.05) is 64.7 Å². The summed E-state index contributed by atoms with van der Waals surface area (Å²) in [7, 11) is 0. The number of amides is 1. The van der Waals surface area contributed by atoms with Gasteiger partial charge in [0.25, 0.3) is 5.91 Å². The minimum Gasteiger partial charge on any atom is -0.491 e. The maximum absolute atomic E-state index is 13.0. The van der Waals surface area contributed by atoms with Crippen molar-refractivity contribution in [1.82, 2.24) is 0 Å². The number of hydrogen-bond acceptors (Lipinski definition) is 10. The smallest absolute Gasteiger partial charge is 0.255 e. The van der Waals surface area contributed by atoms with Gasteiger partial charge in [-0.05, 0) is 42.8 Å². The molecule has 11 nitrogen and oxygen atoms in total. The first-order valence-corrected chi connectivity index (χ1v) is 18.7. The molecule has 1 aliphatic heterocycles. The van der Waals surface area contributed by atoms with E-state index in [0.29, 0.717) is 121 Å². The van der Waals surface area contributed by atoms with E-state index in [1.54, 1.807) is 42.5 Å². The summed E-state index contributed by atoms with van der Waals surface area (Å²) in [6, 6.07) is 12.3. The van der Waals surface area contributed by atoms with Crippen LogP contribution < -0.4 is 19.5 Å². The Bertz CT molecular complexity index is 1120. The lowest BCUT2D eigenvalue weighted by molar-refractivity contribution is -0.00841. The Balaban J connectivity index is 1.29. The van der Waals surface area contributed by atoms with Gasteiger partial charge in [-0.3, -0.25) is 4.79 Å². The zero-order chi connectivity index (χ0) is 35.2. The summed E-state index contributed by atoms with van der Waals surface area (Å²) in [6.07, 6.45) is 13.2. The van der Waals surface area contributed by atoms with E-state index in [9.17, 15) is 4.79 Å². The summed E-state index contributed by atoms with van der Waals surface area (Å²) in [6.45, 7) is 9.45. The number of ether oxygens (including phenoxy) is 9. The summed E-state index contributed by atoms with van der Waals surface area (Å²) in [5.41, 5.74) is 1.08. The third-order valence-corrected chi connectivity index (χ3v) is 7.92. The molecule has 2 aromatic rings. The number of benzene rings is 2. The van der Waals surface area contributed by atoms with E-state index in [-0.39, 0.29) is 5.91 Å². The van der Waals surface area contributed by atoms with E-state index < -0.39 is 0 Å². The molecule has 1 N–H and O–H groups in total. The second-order valence-electron chi connectivity index (χ2n) is 12.0. The fourth-order valence-corrected chi connectivity index (χ4v) is 5.14. The van der Waals surface area contributed by atoms with E-state index in [0.717, 1.165) is 13.0 Å². The Morgan fingerprint density at radius 3 is 1.66 bits per heavy atom. The molecule has 11 heteroatoms. The SMILES string of the molecule is CCCCCCCCCCCCOCCOCCOc1ccc(C(=O)Nc2ccc3c(c2)OCCOCCOCCOCCOCCO3)cc1. The van der Waals surface area contributed by atoms with Crippen molar-refractivity contribution in [3.05, 3.63) is 48.0 Å². The average molecular weight is 704 g/mol. The first kappa shape index (κ1) is 41.5. The summed E-state index contributed by atoms with van der Waals surface area (Å²) < 4.78 is 51.1. The van der Waals surface area contributed by atoms with Crippen molar-refractivity contribution < 1.29 is 47.4 Å². The molecule has 0 aliphatic carbocycles. The van der Waals surface area contributed by atoms with Crippen molar-refractivity contribution >= 4 is 11.6 Å². The normalized spacial score (nSPS) is 15.1. The molecule has 0 spiro atoms. The van der Waals surface area contributed by atoms with Crippen LogP contribution in [0.3, 0.4) is 0 Å². The monoisotopic (exact) mass is 703 g/mol. The molecule has 0 saturated heterocycles. The lowest BCUT2D eigenvalue weighted by atomic mass is 10.1. The van der Waals surface area contributed by atoms with Gasteiger partial charge in [0.2, 0.25) is 0 Å². The van der Waals surface area contributed by atoms with Gasteiger partial charge >= 0.3 is 0 Å². The van der Waals surface area contributed by atoms with Crippen molar-refractivity contribution in [1.29, 1.82) is 0 Å². The Kier molecular flexibility index (Phi) is 23.8. The standard InChI is InChI=1S/C39H61NO10/c1-2-3-4-5-6-7-8-9-10-11-18-42-19-20-45-27-30-48-36-15-12-34(13-16-36)39(41)40-35-14-17-37-38(33-35)50-32-29-47-26-24-44-22-21-43-23-25-46-28-31-49-37/h12-17,33H,2-11,18-32H2,1H3,(H,40,41). The van der Waals surface area contributed by atoms with Crippen molar-refractivity contribution in [2.45, 2.75) is 71.1 Å². The zero-order valence-electron chi connectivity index (χ0n) is 30.3. The largest absolute Gasteiger partial charge is 0.491 e. The van der Waals surface area contributed by atoms with Gasteiger partial charge in [-0.25, -0.2) is 0 Å². The van der Waals surface area contributed by atoms with Gasteiger partial charge in [-0.15, -0.1) is 0 Å². The fraction of sp³-hybridized carbons (Fsp3) is 0.667. The summed E-state index contributed by atoms with van der Waals surface area (Å²) in [4.78, 5) is 13.0. The highest BCUT2D eigenvalue weighted by atomic mass is 16.6. The van der Waals surface area contributed by atoms with Crippen LogP contribution in [0.4, 0.5) is 5.69 Å². The molecular formula is C39H61NO10. The number of rotatable bonds is 20. The molecule has 0 radical (unpaired) electrons. The molecule has 3 rings (SSSR count). The summed E-state index contributed by atoms with van der Waals surface area (Å²) in [5.74, 6) is 1.47. The molecule has 1 amide bonds. The van der Waals surface area contributed by atoms with Gasteiger partial charge < -0.3 is 47.9 Å². The number of fused-ring (bicyclic) bond motifs is 1. The second kappa shape index (κ2) is 28.7. The second-order valence-corrected chi connectivity index (χ2v) is 12.0. The van der Waals surface area contributed by atoms with Crippen molar-refractivity contribution in [3.8, 4) is 17.2 Å². The van der Waals surface area contributed by atoms with Gasteiger partial charge in [0.1, 0.15) is 25.6 Å². The molecule has 50 heavy (non-hydrogen) atoms. The Morgan fingerprint density at radius 2 is 1.06 bits per heavy atom. The first-order chi connectivity index (χ1) is 24.8. The number of anilines is 1. The highest BCUT2D eigenvalue weighted by Crippen LogP contribution is 2.31. The van der Waals surface area contributed by atoms with Gasteiger partial charge in [0.05, 0.1) is 72.7 Å². The molecule has 0 bridgehead atoms. The average Bonchev–Trinajstić information content (AvgIpc) is 3.13. The molecular weight excluding hydrogens is 642 g/mol. The van der Waals surface area contributed by atoms with E-state index >= 15 is 0 Å².